The second kappa shape index (κ2) is 4.97. The van der Waals surface area contributed by atoms with E-state index in [0.717, 1.165) is 6.42 Å². The Morgan fingerprint density at radius 3 is 2.53 bits per heavy atom. The van der Waals surface area contributed by atoms with Crippen molar-refractivity contribution >= 4 is 10.8 Å². The van der Waals surface area contributed by atoms with Crippen LogP contribution in [0.2, 0.25) is 0 Å². The van der Waals surface area contributed by atoms with Crippen LogP contribution < -0.4 is 0 Å². The molecule has 15 heavy (non-hydrogen) atoms. The zero-order chi connectivity index (χ0) is 10.5. The smallest absolute Gasteiger partial charge is 0.0152 e. The van der Waals surface area contributed by atoms with Gasteiger partial charge in [-0.25, -0.2) is 0 Å². The summed E-state index contributed by atoms with van der Waals surface area (Å²) < 4.78 is 0. The minimum absolute atomic E-state index is 1.05. The number of aryl methyl sites for hydroxylation is 1. The van der Waals surface area contributed by atoms with Crippen LogP contribution in [-0.2, 0) is 6.42 Å². The van der Waals surface area contributed by atoms with Crippen molar-refractivity contribution in [1.82, 2.24) is 0 Å². The monoisotopic (exact) mass is 197 g/mol. The van der Waals surface area contributed by atoms with Crippen LogP contribution in [0.1, 0.15) is 24.8 Å². The number of hydrogen-bond donors (Lipinski definition) is 0. The summed E-state index contributed by atoms with van der Waals surface area (Å²) >= 11 is 0. The van der Waals surface area contributed by atoms with Crippen LogP contribution >= 0.6 is 0 Å². The SMILES string of the molecule is [CH2]CCCCc1cccc2ccccc12. The van der Waals surface area contributed by atoms with Gasteiger partial charge in [-0.15, -0.1) is 0 Å². The number of unbranched alkanes of at least 4 members (excludes halogenated alkanes) is 2. The van der Waals surface area contributed by atoms with Gasteiger partial charge in [0.25, 0.3) is 0 Å². The van der Waals surface area contributed by atoms with Gasteiger partial charge < -0.3 is 0 Å². The van der Waals surface area contributed by atoms with Gasteiger partial charge in [0, 0.05) is 0 Å². The van der Waals surface area contributed by atoms with Gasteiger partial charge in [0.05, 0.1) is 0 Å². The number of rotatable bonds is 4. The van der Waals surface area contributed by atoms with Crippen molar-refractivity contribution in [3.8, 4) is 0 Å². The lowest BCUT2D eigenvalue weighted by atomic mass is 10.00. The van der Waals surface area contributed by atoms with E-state index in [9.17, 15) is 0 Å². The van der Waals surface area contributed by atoms with Crippen molar-refractivity contribution in [1.29, 1.82) is 0 Å². The Kier molecular flexibility index (Phi) is 3.39. The number of fused-ring (bicyclic) bond motifs is 1. The molecule has 0 N–H and O–H groups in total. The van der Waals surface area contributed by atoms with E-state index in [1.54, 1.807) is 0 Å². The summed E-state index contributed by atoms with van der Waals surface area (Å²) in [4.78, 5) is 0. The highest BCUT2D eigenvalue weighted by Crippen LogP contribution is 2.20. The van der Waals surface area contributed by atoms with Crippen LogP contribution in [0.5, 0.6) is 0 Å². The van der Waals surface area contributed by atoms with Gasteiger partial charge in [0.2, 0.25) is 0 Å². The molecule has 77 valence electrons. The van der Waals surface area contributed by atoms with Crippen LogP contribution in [0.25, 0.3) is 10.8 Å². The van der Waals surface area contributed by atoms with Crippen LogP contribution in [0.15, 0.2) is 42.5 Å². The fourth-order valence-electron chi connectivity index (χ4n) is 2.00. The Balaban J connectivity index is 2.26. The van der Waals surface area contributed by atoms with Gasteiger partial charge in [0.15, 0.2) is 0 Å². The normalized spacial score (nSPS) is 10.7. The Hall–Kier alpha value is -1.30. The second-order valence-electron chi connectivity index (χ2n) is 3.95. The third kappa shape index (κ3) is 2.38. The maximum Gasteiger partial charge on any atom is -0.0152 e. The Bertz CT molecular complexity index is 423. The number of benzene rings is 2. The molecule has 2 aromatic rings. The summed E-state index contributed by atoms with van der Waals surface area (Å²) in [6.45, 7) is 3.88. The van der Waals surface area contributed by atoms with E-state index >= 15 is 0 Å². The van der Waals surface area contributed by atoms with Gasteiger partial charge in [-0.1, -0.05) is 62.2 Å². The van der Waals surface area contributed by atoms with Gasteiger partial charge in [-0.2, -0.15) is 0 Å². The molecule has 2 aromatic carbocycles. The van der Waals surface area contributed by atoms with E-state index in [0.29, 0.717) is 0 Å². The van der Waals surface area contributed by atoms with E-state index in [1.807, 2.05) is 0 Å². The molecule has 0 fully saturated rings. The van der Waals surface area contributed by atoms with E-state index in [2.05, 4.69) is 49.4 Å². The van der Waals surface area contributed by atoms with Gasteiger partial charge in [0.1, 0.15) is 0 Å². The molecule has 0 saturated heterocycles. The van der Waals surface area contributed by atoms with E-state index in [1.165, 1.54) is 35.6 Å². The minimum Gasteiger partial charge on any atom is -0.0616 e. The predicted octanol–water partition coefficient (Wildman–Crippen LogP) is 4.39. The molecule has 0 heteroatoms. The lowest BCUT2D eigenvalue weighted by molar-refractivity contribution is 0.749. The standard InChI is InChI=1S/C15H17/c1-2-3-4-8-13-10-7-11-14-9-5-6-12-15(13)14/h5-7,9-12H,1-4,8H2. The summed E-state index contributed by atoms with van der Waals surface area (Å²) in [6, 6.07) is 15.2. The Labute approximate surface area is 91.9 Å². The van der Waals surface area contributed by atoms with E-state index < -0.39 is 0 Å². The molecule has 0 bridgehead atoms. The molecule has 0 spiro atoms. The molecular formula is C15H17. The molecule has 0 saturated carbocycles. The van der Waals surface area contributed by atoms with Crippen molar-refractivity contribution in [2.45, 2.75) is 25.7 Å². The van der Waals surface area contributed by atoms with Gasteiger partial charge in [-0.05, 0) is 29.2 Å². The first kappa shape index (κ1) is 10.2. The van der Waals surface area contributed by atoms with Gasteiger partial charge in [-0.3, -0.25) is 0 Å². The Morgan fingerprint density at radius 2 is 1.67 bits per heavy atom. The average Bonchev–Trinajstić information content (AvgIpc) is 2.30. The maximum absolute atomic E-state index is 3.88. The molecule has 0 aliphatic rings. The first-order valence-electron chi connectivity index (χ1n) is 5.67. The van der Waals surface area contributed by atoms with Crippen LogP contribution in [0, 0.1) is 6.92 Å². The largest absolute Gasteiger partial charge is 0.0616 e. The maximum atomic E-state index is 3.88. The molecule has 0 atom stereocenters. The summed E-state index contributed by atoms with van der Waals surface area (Å²) in [6.07, 6.45) is 4.70. The Morgan fingerprint density at radius 1 is 0.867 bits per heavy atom. The highest BCUT2D eigenvalue weighted by Gasteiger charge is 1.99. The average molecular weight is 197 g/mol. The third-order valence-electron chi connectivity index (χ3n) is 2.83. The summed E-state index contributed by atoms with van der Waals surface area (Å²) in [7, 11) is 0. The predicted molar refractivity (Wildman–Crippen MR) is 66.9 cm³/mol. The molecule has 0 amide bonds. The molecule has 0 aromatic heterocycles. The van der Waals surface area contributed by atoms with Crippen molar-refractivity contribution in [3.63, 3.8) is 0 Å². The highest BCUT2D eigenvalue weighted by molar-refractivity contribution is 5.85. The summed E-state index contributed by atoms with van der Waals surface area (Å²) in [5.74, 6) is 0. The fourth-order valence-corrected chi connectivity index (χ4v) is 2.00. The first-order chi connectivity index (χ1) is 7.42. The summed E-state index contributed by atoms with van der Waals surface area (Å²) in [5.41, 5.74) is 1.47. The first-order valence-corrected chi connectivity index (χ1v) is 5.67. The van der Waals surface area contributed by atoms with Gasteiger partial charge >= 0.3 is 0 Å². The van der Waals surface area contributed by atoms with Crippen LogP contribution in [0.3, 0.4) is 0 Å². The van der Waals surface area contributed by atoms with Crippen LogP contribution in [0.4, 0.5) is 0 Å². The molecule has 0 aliphatic heterocycles. The lowest BCUT2D eigenvalue weighted by Gasteiger charge is -2.05. The van der Waals surface area contributed by atoms with Crippen molar-refractivity contribution in [2.24, 2.45) is 0 Å². The zero-order valence-electron chi connectivity index (χ0n) is 9.08. The second-order valence-corrected chi connectivity index (χ2v) is 3.95. The van der Waals surface area contributed by atoms with Crippen molar-refractivity contribution in [3.05, 3.63) is 55.0 Å². The molecule has 2 rings (SSSR count). The van der Waals surface area contributed by atoms with E-state index in [4.69, 9.17) is 0 Å². The third-order valence-corrected chi connectivity index (χ3v) is 2.83. The van der Waals surface area contributed by atoms with Crippen LogP contribution in [-0.4, -0.2) is 0 Å². The van der Waals surface area contributed by atoms with Crippen molar-refractivity contribution < 1.29 is 0 Å². The quantitative estimate of drug-likeness (QED) is 0.638. The zero-order valence-corrected chi connectivity index (χ0v) is 9.08. The molecular weight excluding hydrogens is 180 g/mol. The molecule has 0 unspecified atom stereocenters. The van der Waals surface area contributed by atoms with E-state index in [-0.39, 0.29) is 0 Å². The highest BCUT2D eigenvalue weighted by atomic mass is 14.0. The topological polar surface area (TPSA) is 0 Å². The lowest BCUT2D eigenvalue weighted by Crippen LogP contribution is -1.87. The number of hydrogen-bond acceptors (Lipinski definition) is 0. The molecule has 0 nitrogen and oxygen atoms in total. The molecule has 0 aliphatic carbocycles. The molecule has 1 radical (unpaired) electrons. The fraction of sp³-hybridized carbons (Fsp3) is 0.267. The van der Waals surface area contributed by atoms with Crippen molar-refractivity contribution in [2.75, 3.05) is 0 Å². The minimum atomic E-state index is 1.05. The summed E-state index contributed by atoms with van der Waals surface area (Å²) in [5, 5.41) is 2.76. The molecule has 0 heterocycles.